The lowest BCUT2D eigenvalue weighted by molar-refractivity contribution is 0.101. The predicted molar refractivity (Wildman–Crippen MR) is 171 cm³/mol. The molecule has 0 aliphatic carbocycles. The van der Waals surface area contributed by atoms with Crippen molar-refractivity contribution in [1.29, 1.82) is 0 Å². The van der Waals surface area contributed by atoms with Gasteiger partial charge in [0.2, 0.25) is 0 Å². The smallest absolute Gasteiger partial charge is 0.255 e. The Bertz CT molecular complexity index is 1690. The average Bonchev–Trinajstić information content (AvgIpc) is 3.82. The summed E-state index contributed by atoms with van der Waals surface area (Å²) >= 11 is 0. The Morgan fingerprint density at radius 3 is 1.16 bits per heavy atom. The maximum atomic E-state index is 13.0. The molecule has 9 heteroatoms. The lowest BCUT2D eigenvalue weighted by Crippen LogP contribution is -2.12. The molecule has 0 aliphatic rings. The van der Waals surface area contributed by atoms with Crippen LogP contribution in [0, 0.1) is 0 Å². The topological polar surface area (TPSA) is 111 Å². The van der Waals surface area contributed by atoms with Crippen LogP contribution < -0.4 is 10.6 Å². The van der Waals surface area contributed by atoms with Crippen LogP contribution in [0.5, 0.6) is 0 Å². The molecule has 0 radical (unpaired) electrons. The molecule has 0 unspecified atom stereocenters. The maximum Gasteiger partial charge on any atom is 0.255 e. The Morgan fingerprint density at radius 1 is 0.500 bits per heavy atom. The molecule has 0 saturated heterocycles. The minimum atomic E-state index is -0.257. The standard InChI is InChI=1S/C33H24N6O3.C2H6/c40-31(23-3-11-27(12-4-23)36-32(41)25-7-15-29(16-8-25)38-21-1-19-34-38)24-5-13-28(14-6-24)37-33(42)26-9-17-30(18-10-26)39-22-2-20-35-39;1-2/h1-22H,(H,36,41)(H,37,42);1-2H3. The van der Waals surface area contributed by atoms with Crippen LogP contribution >= 0.6 is 0 Å². The van der Waals surface area contributed by atoms with E-state index in [1.165, 1.54) is 0 Å². The molecule has 0 fully saturated rings. The van der Waals surface area contributed by atoms with Gasteiger partial charge >= 0.3 is 0 Å². The summed E-state index contributed by atoms with van der Waals surface area (Å²) in [6.07, 6.45) is 7.04. The molecule has 2 heterocycles. The molecule has 0 spiro atoms. The maximum absolute atomic E-state index is 13.0. The van der Waals surface area contributed by atoms with Gasteiger partial charge in [-0.2, -0.15) is 10.2 Å². The van der Waals surface area contributed by atoms with Gasteiger partial charge in [-0.15, -0.1) is 0 Å². The van der Waals surface area contributed by atoms with E-state index in [1.54, 1.807) is 94.6 Å². The van der Waals surface area contributed by atoms with E-state index in [9.17, 15) is 14.4 Å². The number of nitrogens with zero attached hydrogens (tertiary/aromatic N) is 4. The van der Waals surface area contributed by atoms with E-state index in [-0.39, 0.29) is 17.6 Å². The highest BCUT2D eigenvalue weighted by molar-refractivity contribution is 6.10. The molecule has 4 aromatic carbocycles. The number of anilines is 2. The first kappa shape index (κ1) is 29.4. The summed E-state index contributed by atoms with van der Waals surface area (Å²) in [5.74, 6) is -0.686. The van der Waals surface area contributed by atoms with Crippen LogP contribution in [-0.4, -0.2) is 37.2 Å². The molecule has 9 nitrogen and oxygen atoms in total. The van der Waals surface area contributed by atoms with Gasteiger partial charge < -0.3 is 10.6 Å². The Labute approximate surface area is 254 Å². The van der Waals surface area contributed by atoms with E-state index >= 15 is 0 Å². The Kier molecular flexibility index (Phi) is 9.17. The summed E-state index contributed by atoms with van der Waals surface area (Å²) in [4.78, 5) is 38.4. The van der Waals surface area contributed by atoms with E-state index in [2.05, 4.69) is 20.8 Å². The third-order valence-corrected chi connectivity index (χ3v) is 6.61. The van der Waals surface area contributed by atoms with Crippen LogP contribution in [-0.2, 0) is 0 Å². The third-order valence-electron chi connectivity index (χ3n) is 6.61. The second kappa shape index (κ2) is 13.7. The molecule has 0 atom stereocenters. The number of amides is 2. The summed E-state index contributed by atoms with van der Waals surface area (Å²) in [6.45, 7) is 4.00. The lowest BCUT2D eigenvalue weighted by atomic mass is 10.0. The van der Waals surface area contributed by atoms with Crippen molar-refractivity contribution in [2.24, 2.45) is 0 Å². The van der Waals surface area contributed by atoms with Gasteiger partial charge in [-0.1, -0.05) is 13.8 Å². The number of benzene rings is 4. The van der Waals surface area contributed by atoms with Crippen LogP contribution in [0.1, 0.15) is 50.5 Å². The fourth-order valence-electron chi connectivity index (χ4n) is 4.36. The van der Waals surface area contributed by atoms with Crippen LogP contribution in [0.15, 0.2) is 134 Å². The zero-order valence-electron chi connectivity index (χ0n) is 24.2. The van der Waals surface area contributed by atoms with Crippen molar-refractivity contribution in [3.63, 3.8) is 0 Å². The summed E-state index contributed by atoms with van der Waals surface area (Å²) < 4.78 is 3.43. The number of hydrogen-bond acceptors (Lipinski definition) is 5. The molecule has 0 aliphatic heterocycles. The quantitative estimate of drug-likeness (QED) is 0.191. The van der Waals surface area contributed by atoms with Gasteiger partial charge in [-0.25, -0.2) is 9.36 Å². The number of carbonyl (C=O) groups is 3. The lowest BCUT2D eigenvalue weighted by Gasteiger charge is -2.09. The minimum Gasteiger partial charge on any atom is -0.322 e. The summed E-state index contributed by atoms with van der Waals surface area (Å²) in [6, 6.07) is 31.3. The molecule has 2 aromatic heterocycles. The number of nitrogens with one attached hydrogen (secondary N) is 2. The van der Waals surface area contributed by atoms with Crippen LogP contribution in [0.4, 0.5) is 11.4 Å². The zero-order chi connectivity index (χ0) is 30.9. The molecule has 6 aromatic rings. The van der Waals surface area contributed by atoms with E-state index < -0.39 is 0 Å². The summed E-state index contributed by atoms with van der Waals surface area (Å²) in [5.41, 5.74) is 4.81. The van der Waals surface area contributed by atoms with Gasteiger partial charge in [-0.05, 0) is 109 Å². The van der Waals surface area contributed by atoms with Gasteiger partial charge in [0.1, 0.15) is 0 Å². The van der Waals surface area contributed by atoms with Crippen molar-refractivity contribution in [3.05, 3.63) is 156 Å². The third kappa shape index (κ3) is 6.85. The van der Waals surface area contributed by atoms with Gasteiger partial charge in [0, 0.05) is 58.4 Å². The molecule has 2 N–H and O–H groups in total. The number of carbonyl (C=O) groups excluding carboxylic acids is 3. The van der Waals surface area contributed by atoms with E-state index in [1.807, 2.05) is 62.6 Å². The largest absolute Gasteiger partial charge is 0.322 e. The number of hydrogen-bond donors (Lipinski definition) is 2. The van der Waals surface area contributed by atoms with Crippen molar-refractivity contribution in [2.75, 3.05) is 10.6 Å². The molecule has 0 bridgehead atoms. The van der Waals surface area contributed by atoms with Crippen LogP contribution in [0.2, 0.25) is 0 Å². The summed E-state index contributed by atoms with van der Waals surface area (Å²) in [5, 5.41) is 14.1. The molecule has 2 amide bonds. The van der Waals surface area contributed by atoms with E-state index in [4.69, 9.17) is 0 Å². The van der Waals surface area contributed by atoms with E-state index in [0.717, 1.165) is 11.4 Å². The van der Waals surface area contributed by atoms with Gasteiger partial charge in [0.15, 0.2) is 5.78 Å². The SMILES string of the molecule is CC.O=C(Nc1ccc(C(=O)c2ccc(NC(=O)c3ccc(-n4cccn4)cc3)cc2)cc1)c1ccc(-n2cccn2)cc1. The zero-order valence-corrected chi connectivity index (χ0v) is 24.2. The molecule has 44 heavy (non-hydrogen) atoms. The Balaban J connectivity index is 0.00000188. The van der Waals surface area contributed by atoms with Crippen molar-refractivity contribution < 1.29 is 14.4 Å². The number of rotatable bonds is 8. The fraction of sp³-hybridized carbons (Fsp3) is 0.0571. The Morgan fingerprint density at radius 2 is 0.841 bits per heavy atom. The van der Waals surface area contributed by atoms with Gasteiger partial charge in [0.25, 0.3) is 11.8 Å². The van der Waals surface area contributed by atoms with E-state index in [0.29, 0.717) is 33.6 Å². The molecule has 218 valence electrons. The highest BCUT2D eigenvalue weighted by Crippen LogP contribution is 2.18. The molecule has 0 saturated carbocycles. The minimum absolute atomic E-state index is 0.172. The first-order valence-corrected chi connectivity index (χ1v) is 14.1. The Hall–Kier alpha value is -6.09. The highest BCUT2D eigenvalue weighted by Gasteiger charge is 2.12. The van der Waals surface area contributed by atoms with Crippen molar-refractivity contribution in [1.82, 2.24) is 19.6 Å². The monoisotopic (exact) mass is 582 g/mol. The number of ketones is 1. The van der Waals surface area contributed by atoms with Gasteiger partial charge in [-0.3, -0.25) is 14.4 Å². The summed E-state index contributed by atoms with van der Waals surface area (Å²) in [7, 11) is 0. The van der Waals surface area contributed by atoms with Crippen LogP contribution in [0.3, 0.4) is 0 Å². The average molecular weight is 583 g/mol. The fourth-order valence-corrected chi connectivity index (χ4v) is 4.36. The van der Waals surface area contributed by atoms with Crippen molar-refractivity contribution in [3.8, 4) is 11.4 Å². The van der Waals surface area contributed by atoms with Crippen molar-refractivity contribution in [2.45, 2.75) is 13.8 Å². The van der Waals surface area contributed by atoms with Crippen molar-refractivity contribution >= 4 is 29.0 Å². The van der Waals surface area contributed by atoms with Gasteiger partial charge in [0.05, 0.1) is 11.4 Å². The normalized spacial score (nSPS) is 10.3. The number of aromatic nitrogens is 4. The molecule has 6 rings (SSSR count). The first-order chi connectivity index (χ1) is 21.5. The molecular formula is C35H30N6O3. The first-order valence-electron chi connectivity index (χ1n) is 14.1. The highest BCUT2D eigenvalue weighted by atomic mass is 16.2. The van der Waals surface area contributed by atoms with Crippen LogP contribution in [0.25, 0.3) is 11.4 Å². The second-order valence-corrected chi connectivity index (χ2v) is 9.39. The molecular weight excluding hydrogens is 552 g/mol. The second-order valence-electron chi connectivity index (χ2n) is 9.39. The predicted octanol–water partition coefficient (Wildman–Crippen LogP) is 6.82.